The molecule has 138 valence electrons. The number of carbonyl (C=O) groups excluding carboxylic acids is 1. The molecule has 2 saturated heterocycles. The number of amides is 1. The standard InChI is InChI=1S/C16H30N4O3S/c1-13(2)10-17-16(18-11-15-4-9-24(22,23)12-15)20-7-5-19(6-8-20)14(3)21/h13,15H,4-12H2,1-3H3,(H,17,18). The third-order valence-electron chi connectivity index (χ3n) is 4.51. The number of nitrogens with one attached hydrogen (secondary N) is 1. The Morgan fingerprint density at radius 2 is 1.83 bits per heavy atom. The van der Waals surface area contributed by atoms with Crippen molar-refractivity contribution in [1.82, 2.24) is 15.1 Å². The van der Waals surface area contributed by atoms with Crippen molar-refractivity contribution in [1.29, 1.82) is 0 Å². The van der Waals surface area contributed by atoms with E-state index in [0.29, 0.717) is 31.3 Å². The van der Waals surface area contributed by atoms with Gasteiger partial charge in [-0.05, 0) is 18.3 Å². The van der Waals surface area contributed by atoms with Gasteiger partial charge in [0.2, 0.25) is 5.91 Å². The van der Waals surface area contributed by atoms with Crippen LogP contribution in [0.25, 0.3) is 0 Å². The van der Waals surface area contributed by atoms with Gasteiger partial charge in [-0.2, -0.15) is 0 Å². The van der Waals surface area contributed by atoms with Crippen LogP contribution in [0.1, 0.15) is 27.2 Å². The Morgan fingerprint density at radius 1 is 1.21 bits per heavy atom. The lowest BCUT2D eigenvalue weighted by Crippen LogP contribution is -2.54. The highest BCUT2D eigenvalue weighted by molar-refractivity contribution is 7.91. The Kier molecular flexibility index (Phi) is 6.48. The molecular formula is C16H30N4O3S. The van der Waals surface area contributed by atoms with Gasteiger partial charge in [0, 0.05) is 46.2 Å². The van der Waals surface area contributed by atoms with E-state index in [4.69, 9.17) is 4.99 Å². The van der Waals surface area contributed by atoms with Crippen molar-refractivity contribution in [2.24, 2.45) is 16.8 Å². The van der Waals surface area contributed by atoms with Crippen LogP contribution in [0.15, 0.2) is 4.99 Å². The highest BCUT2D eigenvalue weighted by Crippen LogP contribution is 2.17. The fourth-order valence-corrected chi connectivity index (χ4v) is 4.90. The van der Waals surface area contributed by atoms with E-state index >= 15 is 0 Å². The zero-order valence-electron chi connectivity index (χ0n) is 15.0. The molecule has 0 aromatic carbocycles. The molecule has 0 radical (unpaired) electrons. The van der Waals surface area contributed by atoms with Crippen molar-refractivity contribution >= 4 is 21.7 Å². The van der Waals surface area contributed by atoms with Gasteiger partial charge in [-0.1, -0.05) is 13.8 Å². The number of sulfone groups is 1. The van der Waals surface area contributed by atoms with E-state index in [-0.39, 0.29) is 17.6 Å². The predicted octanol–water partition coefficient (Wildman–Crippen LogP) is 0.187. The maximum Gasteiger partial charge on any atom is 0.219 e. The number of hydrogen-bond acceptors (Lipinski definition) is 4. The van der Waals surface area contributed by atoms with Gasteiger partial charge in [-0.3, -0.25) is 9.79 Å². The average molecular weight is 359 g/mol. The summed E-state index contributed by atoms with van der Waals surface area (Å²) in [5, 5.41) is 3.38. The Morgan fingerprint density at radius 3 is 2.33 bits per heavy atom. The van der Waals surface area contributed by atoms with Crippen molar-refractivity contribution in [3.63, 3.8) is 0 Å². The number of aliphatic imine (C=N–C) groups is 1. The Balaban J connectivity index is 1.93. The largest absolute Gasteiger partial charge is 0.356 e. The van der Waals surface area contributed by atoms with Gasteiger partial charge in [0.15, 0.2) is 15.8 Å². The molecule has 0 saturated carbocycles. The summed E-state index contributed by atoms with van der Waals surface area (Å²) in [6, 6.07) is 0. The van der Waals surface area contributed by atoms with Crippen LogP contribution < -0.4 is 5.32 Å². The summed E-state index contributed by atoms with van der Waals surface area (Å²) in [5.41, 5.74) is 0. The number of nitrogens with zero attached hydrogens (tertiary/aromatic N) is 3. The van der Waals surface area contributed by atoms with E-state index in [9.17, 15) is 13.2 Å². The third-order valence-corrected chi connectivity index (χ3v) is 6.34. The zero-order chi connectivity index (χ0) is 17.7. The van der Waals surface area contributed by atoms with Gasteiger partial charge in [0.05, 0.1) is 11.5 Å². The molecule has 2 rings (SSSR count). The Hall–Kier alpha value is -1.31. The van der Waals surface area contributed by atoms with Gasteiger partial charge in [-0.25, -0.2) is 8.42 Å². The summed E-state index contributed by atoms with van der Waals surface area (Å²) in [5.74, 6) is 2.16. The maximum absolute atomic E-state index is 11.6. The van der Waals surface area contributed by atoms with Crippen LogP contribution in [0.2, 0.25) is 0 Å². The lowest BCUT2D eigenvalue weighted by molar-refractivity contribution is -0.130. The number of hydrogen-bond donors (Lipinski definition) is 1. The topological polar surface area (TPSA) is 82.1 Å². The smallest absolute Gasteiger partial charge is 0.219 e. The lowest BCUT2D eigenvalue weighted by Gasteiger charge is -2.36. The summed E-state index contributed by atoms with van der Waals surface area (Å²) < 4.78 is 23.2. The van der Waals surface area contributed by atoms with E-state index in [1.165, 1.54) is 0 Å². The highest BCUT2D eigenvalue weighted by atomic mass is 32.2. The third kappa shape index (κ3) is 5.65. The summed E-state index contributed by atoms with van der Waals surface area (Å²) >= 11 is 0. The van der Waals surface area contributed by atoms with Crippen LogP contribution in [0.4, 0.5) is 0 Å². The first kappa shape index (κ1) is 19.0. The lowest BCUT2D eigenvalue weighted by atomic mass is 10.1. The van der Waals surface area contributed by atoms with Crippen LogP contribution >= 0.6 is 0 Å². The molecule has 0 aliphatic carbocycles. The molecule has 24 heavy (non-hydrogen) atoms. The summed E-state index contributed by atoms with van der Waals surface area (Å²) in [4.78, 5) is 20.2. The Labute approximate surface area is 145 Å². The van der Waals surface area contributed by atoms with Crippen LogP contribution in [0.3, 0.4) is 0 Å². The molecule has 1 unspecified atom stereocenters. The first-order valence-electron chi connectivity index (χ1n) is 8.76. The van der Waals surface area contributed by atoms with E-state index in [1.807, 2.05) is 4.90 Å². The number of rotatable bonds is 4. The SMILES string of the molecule is CC(=O)N1CCN(C(=NCC(C)C)NCC2CCS(=O)(=O)C2)CC1. The molecule has 7 nitrogen and oxygen atoms in total. The molecule has 2 aliphatic heterocycles. The average Bonchev–Trinajstić information content (AvgIpc) is 2.86. The molecule has 8 heteroatoms. The van der Waals surface area contributed by atoms with Gasteiger partial charge >= 0.3 is 0 Å². The van der Waals surface area contributed by atoms with E-state index in [2.05, 4.69) is 24.1 Å². The van der Waals surface area contributed by atoms with E-state index < -0.39 is 9.84 Å². The number of guanidine groups is 1. The molecule has 0 spiro atoms. The van der Waals surface area contributed by atoms with Gasteiger partial charge in [0.25, 0.3) is 0 Å². The predicted molar refractivity (Wildman–Crippen MR) is 95.7 cm³/mol. The van der Waals surface area contributed by atoms with Gasteiger partial charge in [-0.15, -0.1) is 0 Å². The van der Waals surface area contributed by atoms with Crippen LogP contribution in [-0.4, -0.2) is 80.9 Å². The quantitative estimate of drug-likeness (QED) is 0.573. The molecule has 0 bridgehead atoms. The Bertz CT molecular complexity index is 566. The maximum atomic E-state index is 11.6. The second kappa shape index (κ2) is 8.18. The fraction of sp³-hybridized carbons (Fsp3) is 0.875. The minimum Gasteiger partial charge on any atom is -0.356 e. The molecule has 2 aliphatic rings. The molecule has 0 aromatic rings. The zero-order valence-corrected chi connectivity index (χ0v) is 15.8. The number of piperazine rings is 1. The molecule has 1 N–H and O–H groups in total. The first-order chi connectivity index (χ1) is 11.3. The van der Waals surface area contributed by atoms with Gasteiger partial charge < -0.3 is 15.1 Å². The molecule has 1 atom stereocenters. The minimum atomic E-state index is -2.85. The van der Waals surface area contributed by atoms with Crippen molar-refractivity contribution < 1.29 is 13.2 Å². The fourth-order valence-electron chi connectivity index (χ4n) is 3.04. The molecule has 0 aromatic heterocycles. The summed E-state index contributed by atoms with van der Waals surface area (Å²) in [6.45, 7) is 10.1. The second-order valence-electron chi connectivity index (χ2n) is 7.20. The van der Waals surface area contributed by atoms with Crippen molar-refractivity contribution in [3.8, 4) is 0 Å². The summed E-state index contributed by atoms with van der Waals surface area (Å²) in [6.07, 6.45) is 0.727. The van der Waals surface area contributed by atoms with E-state index in [0.717, 1.165) is 32.0 Å². The van der Waals surface area contributed by atoms with Crippen molar-refractivity contribution in [2.45, 2.75) is 27.2 Å². The summed E-state index contributed by atoms with van der Waals surface area (Å²) in [7, 11) is -2.85. The molecule has 2 fully saturated rings. The second-order valence-corrected chi connectivity index (χ2v) is 9.43. The first-order valence-corrected chi connectivity index (χ1v) is 10.6. The number of carbonyl (C=O) groups is 1. The van der Waals surface area contributed by atoms with Gasteiger partial charge in [0.1, 0.15) is 0 Å². The molecule has 1 amide bonds. The minimum absolute atomic E-state index is 0.111. The van der Waals surface area contributed by atoms with Crippen LogP contribution in [0.5, 0.6) is 0 Å². The van der Waals surface area contributed by atoms with Crippen LogP contribution in [0, 0.1) is 11.8 Å². The monoisotopic (exact) mass is 358 g/mol. The van der Waals surface area contributed by atoms with Crippen molar-refractivity contribution in [2.75, 3.05) is 50.8 Å². The molecular weight excluding hydrogens is 328 g/mol. The van der Waals surface area contributed by atoms with Crippen molar-refractivity contribution in [3.05, 3.63) is 0 Å². The van der Waals surface area contributed by atoms with E-state index in [1.54, 1.807) is 6.92 Å². The molecule has 2 heterocycles. The normalized spacial score (nSPS) is 24.5. The van der Waals surface area contributed by atoms with Crippen LogP contribution in [-0.2, 0) is 14.6 Å². The highest BCUT2D eigenvalue weighted by Gasteiger charge is 2.28.